The summed E-state index contributed by atoms with van der Waals surface area (Å²) in [5.41, 5.74) is 5.95. The quantitative estimate of drug-likeness (QED) is 0.0918. The summed E-state index contributed by atoms with van der Waals surface area (Å²) in [7, 11) is 3.86. The van der Waals surface area contributed by atoms with Crippen LogP contribution in [-0.4, -0.2) is 53.9 Å². The second-order valence-corrected chi connectivity index (χ2v) is 11.6. The number of nitrogens with one attached hydrogen (secondary N) is 2. The number of anilines is 1. The molecule has 1 aromatic heterocycles. The van der Waals surface area contributed by atoms with Gasteiger partial charge in [0.15, 0.2) is 0 Å². The summed E-state index contributed by atoms with van der Waals surface area (Å²) < 4.78 is 2.38. The normalized spacial score (nSPS) is 17.9. The highest BCUT2D eigenvalue weighted by Crippen LogP contribution is 2.44. The highest BCUT2D eigenvalue weighted by molar-refractivity contribution is 7.97. The summed E-state index contributed by atoms with van der Waals surface area (Å²) in [4.78, 5) is 18.1. The zero-order chi connectivity index (χ0) is 27.8. The van der Waals surface area contributed by atoms with Crippen molar-refractivity contribution < 1.29 is 4.79 Å². The van der Waals surface area contributed by atoms with Gasteiger partial charge in [-0.1, -0.05) is 41.9 Å². The summed E-state index contributed by atoms with van der Waals surface area (Å²) in [5.74, 6) is 0. The molecule has 1 aliphatic rings. The molecule has 1 atom stereocenters. The number of benzene rings is 2. The zero-order valence-electron chi connectivity index (χ0n) is 22.5. The first-order chi connectivity index (χ1) is 18.8. The van der Waals surface area contributed by atoms with Crippen LogP contribution >= 0.6 is 23.5 Å². The molecule has 0 bridgehead atoms. The minimum Gasteiger partial charge on any atom is -0.382 e. The van der Waals surface area contributed by atoms with E-state index in [1.165, 1.54) is 23.4 Å². The molecule has 0 amide bonds. The fourth-order valence-electron chi connectivity index (χ4n) is 5.14. The SMILES string of the molecule is Cc1cc(NC(/C=C\C=O)=C/N(C)C)c(C=N)cc1C1(Cc2ccccc2)CCN(Sc2cnccc2Cl)C1. The van der Waals surface area contributed by atoms with Crippen molar-refractivity contribution in [1.82, 2.24) is 14.2 Å². The van der Waals surface area contributed by atoms with Crippen LogP contribution in [0.2, 0.25) is 5.02 Å². The van der Waals surface area contributed by atoms with Crippen LogP contribution in [0.4, 0.5) is 5.69 Å². The number of hydrogen-bond donors (Lipinski definition) is 2. The maximum atomic E-state index is 11.0. The van der Waals surface area contributed by atoms with Gasteiger partial charge < -0.3 is 15.6 Å². The fourth-order valence-corrected chi connectivity index (χ4v) is 6.39. The summed E-state index contributed by atoms with van der Waals surface area (Å²) in [5, 5.41) is 12.4. The van der Waals surface area contributed by atoms with Gasteiger partial charge in [-0.3, -0.25) is 9.78 Å². The molecule has 0 saturated carbocycles. The molecule has 1 unspecified atom stereocenters. The molecule has 0 aliphatic carbocycles. The highest BCUT2D eigenvalue weighted by Gasteiger charge is 2.41. The molecule has 202 valence electrons. The van der Waals surface area contributed by atoms with Crippen LogP contribution in [0.3, 0.4) is 0 Å². The number of hydrogen-bond acceptors (Lipinski definition) is 7. The molecule has 8 heteroatoms. The van der Waals surface area contributed by atoms with E-state index in [1.807, 2.05) is 43.5 Å². The van der Waals surface area contributed by atoms with Crippen LogP contribution in [0.25, 0.3) is 0 Å². The number of carbonyl (C=O) groups is 1. The smallest absolute Gasteiger partial charge is 0.142 e. The van der Waals surface area contributed by atoms with Crippen LogP contribution in [0.15, 0.2) is 89.9 Å². The average molecular weight is 560 g/mol. The largest absolute Gasteiger partial charge is 0.382 e. The van der Waals surface area contributed by atoms with Crippen LogP contribution in [0, 0.1) is 12.3 Å². The number of nitrogens with zero attached hydrogens (tertiary/aromatic N) is 3. The number of aromatic nitrogens is 1. The van der Waals surface area contributed by atoms with Crippen molar-refractivity contribution in [2.24, 2.45) is 0 Å². The molecule has 1 saturated heterocycles. The molecule has 39 heavy (non-hydrogen) atoms. The lowest BCUT2D eigenvalue weighted by Crippen LogP contribution is -2.33. The fraction of sp³-hybridized carbons (Fsp3) is 0.258. The summed E-state index contributed by atoms with van der Waals surface area (Å²) >= 11 is 8.12. The van der Waals surface area contributed by atoms with E-state index >= 15 is 0 Å². The van der Waals surface area contributed by atoms with Crippen molar-refractivity contribution in [2.45, 2.75) is 30.1 Å². The number of aryl methyl sites for hydroxylation is 1. The van der Waals surface area contributed by atoms with E-state index in [9.17, 15) is 4.79 Å². The molecule has 0 radical (unpaired) electrons. The number of aldehydes is 1. The van der Waals surface area contributed by atoms with Crippen molar-refractivity contribution in [3.8, 4) is 0 Å². The highest BCUT2D eigenvalue weighted by atomic mass is 35.5. The van der Waals surface area contributed by atoms with Crippen molar-refractivity contribution in [3.63, 3.8) is 0 Å². The Bertz CT molecular complexity index is 1370. The molecule has 3 aromatic rings. The van der Waals surface area contributed by atoms with Gasteiger partial charge in [0.1, 0.15) is 6.29 Å². The molecule has 1 fully saturated rings. The molecule has 2 aromatic carbocycles. The molecule has 2 N–H and O–H groups in total. The Kier molecular flexibility index (Phi) is 9.62. The monoisotopic (exact) mass is 559 g/mol. The van der Waals surface area contributed by atoms with Gasteiger partial charge >= 0.3 is 0 Å². The molecule has 1 aliphatic heterocycles. The van der Waals surface area contributed by atoms with E-state index in [2.05, 4.69) is 57.9 Å². The molecule has 6 nitrogen and oxygen atoms in total. The standard InChI is InChI=1S/C31H34ClN5OS/c1-23-16-29(35-26(10-7-15-38)21-36(2)3)25(19-33)17-27(23)31(18-24-8-5-4-6-9-24)12-14-37(22-31)39-30-20-34-13-11-28(30)32/h4-11,13,15-17,19-21,33,35H,12,14,18,22H2,1-3H3/b10-7-,26-21+,33-19?. The van der Waals surface area contributed by atoms with Gasteiger partial charge in [-0.15, -0.1) is 0 Å². The van der Waals surface area contributed by atoms with Gasteiger partial charge in [0.25, 0.3) is 0 Å². The predicted octanol–water partition coefficient (Wildman–Crippen LogP) is 6.50. The van der Waals surface area contributed by atoms with Crippen LogP contribution < -0.4 is 5.32 Å². The average Bonchev–Trinajstić information content (AvgIpc) is 3.32. The number of allylic oxidation sites excluding steroid dienone is 2. The van der Waals surface area contributed by atoms with Gasteiger partial charge in [-0.25, -0.2) is 4.31 Å². The van der Waals surface area contributed by atoms with Crippen molar-refractivity contribution in [1.29, 1.82) is 5.41 Å². The van der Waals surface area contributed by atoms with Crippen LogP contribution in [-0.2, 0) is 16.6 Å². The third-order valence-corrected chi connectivity index (χ3v) is 8.35. The number of pyridine rings is 1. The molecular formula is C31H34ClN5OS. The van der Waals surface area contributed by atoms with E-state index in [1.54, 1.807) is 24.2 Å². The van der Waals surface area contributed by atoms with Gasteiger partial charge in [-0.05, 0) is 78.8 Å². The number of halogens is 1. The minimum atomic E-state index is -0.136. The third-order valence-electron chi connectivity index (χ3n) is 6.82. The summed E-state index contributed by atoms with van der Waals surface area (Å²) in [6.07, 6.45) is 12.7. The Labute approximate surface area is 240 Å². The second kappa shape index (κ2) is 13.1. The third kappa shape index (κ3) is 7.18. The minimum absolute atomic E-state index is 0.136. The van der Waals surface area contributed by atoms with Crippen molar-refractivity contribution >= 4 is 41.7 Å². The van der Waals surface area contributed by atoms with Gasteiger partial charge in [0.2, 0.25) is 0 Å². The van der Waals surface area contributed by atoms with Gasteiger partial charge in [0, 0.05) is 68.7 Å². The Hall–Kier alpha value is -3.39. The van der Waals surface area contributed by atoms with E-state index in [0.29, 0.717) is 5.02 Å². The molecular weight excluding hydrogens is 526 g/mol. The molecule has 0 spiro atoms. The van der Waals surface area contributed by atoms with Crippen LogP contribution in [0.1, 0.15) is 28.7 Å². The van der Waals surface area contributed by atoms with E-state index in [0.717, 1.165) is 59.6 Å². The zero-order valence-corrected chi connectivity index (χ0v) is 24.1. The Morgan fingerprint density at radius 1 is 1.26 bits per heavy atom. The first-order valence-electron chi connectivity index (χ1n) is 12.8. The second-order valence-electron chi connectivity index (χ2n) is 10.0. The van der Waals surface area contributed by atoms with E-state index < -0.39 is 0 Å². The Morgan fingerprint density at radius 3 is 2.74 bits per heavy atom. The topological polar surface area (TPSA) is 72.3 Å². The van der Waals surface area contributed by atoms with Gasteiger partial charge in [-0.2, -0.15) is 0 Å². The Morgan fingerprint density at radius 2 is 2.05 bits per heavy atom. The number of rotatable bonds is 11. The summed E-state index contributed by atoms with van der Waals surface area (Å²) in [6, 6.07) is 16.7. The van der Waals surface area contributed by atoms with Crippen molar-refractivity contribution in [3.05, 3.63) is 112 Å². The maximum absolute atomic E-state index is 11.0. The van der Waals surface area contributed by atoms with Gasteiger partial charge in [0.05, 0.1) is 15.6 Å². The lowest BCUT2D eigenvalue weighted by molar-refractivity contribution is -0.104. The summed E-state index contributed by atoms with van der Waals surface area (Å²) in [6.45, 7) is 3.90. The first-order valence-corrected chi connectivity index (χ1v) is 14.0. The molecule has 4 rings (SSSR count). The van der Waals surface area contributed by atoms with Crippen molar-refractivity contribution in [2.75, 3.05) is 32.5 Å². The maximum Gasteiger partial charge on any atom is 0.142 e. The van der Waals surface area contributed by atoms with E-state index in [-0.39, 0.29) is 5.41 Å². The van der Waals surface area contributed by atoms with Crippen LogP contribution in [0.5, 0.6) is 0 Å². The molecule has 2 heterocycles. The number of carbonyl (C=O) groups excluding carboxylic acids is 1. The predicted molar refractivity (Wildman–Crippen MR) is 163 cm³/mol. The lowest BCUT2D eigenvalue weighted by Gasteiger charge is -2.33. The van der Waals surface area contributed by atoms with E-state index in [4.69, 9.17) is 17.0 Å². The first kappa shape index (κ1) is 28.6. The Balaban J connectivity index is 1.72. The lowest BCUT2D eigenvalue weighted by atomic mass is 9.72.